The lowest BCUT2D eigenvalue weighted by molar-refractivity contribution is -0.123. The molecule has 28 heavy (non-hydrogen) atoms. The number of carbonyl (C=O) groups is 2. The second-order valence-corrected chi connectivity index (χ2v) is 8.46. The van der Waals surface area contributed by atoms with Gasteiger partial charge in [-0.15, -0.1) is 11.3 Å². The third-order valence-corrected chi connectivity index (χ3v) is 6.35. The van der Waals surface area contributed by atoms with Crippen LogP contribution >= 0.6 is 35.3 Å². The Morgan fingerprint density at radius 3 is 2.75 bits per heavy atom. The SMILES string of the molecule is COc1ccc2ccccc2c1/C=C1/SC(=S)N(NC(=O)c2cccs2)C1=O. The van der Waals surface area contributed by atoms with Crippen molar-refractivity contribution in [2.24, 2.45) is 0 Å². The van der Waals surface area contributed by atoms with Gasteiger partial charge in [-0.05, 0) is 46.6 Å². The number of nitrogens with zero attached hydrogens (tertiary/aromatic N) is 1. The normalized spacial score (nSPS) is 15.5. The number of thiophene rings is 1. The molecule has 1 saturated heterocycles. The number of hydrogen-bond acceptors (Lipinski definition) is 6. The molecule has 0 saturated carbocycles. The minimum atomic E-state index is -0.366. The van der Waals surface area contributed by atoms with Crippen LogP contribution in [0.15, 0.2) is 58.8 Å². The lowest BCUT2D eigenvalue weighted by Gasteiger charge is -2.14. The Balaban J connectivity index is 1.68. The highest BCUT2D eigenvalue weighted by Gasteiger charge is 2.34. The molecule has 0 aliphatic carbocycles. The summed E-state index contributed by atoms with van der Waals surface area (Å²) in [4.78, 5) is 26.1. The van der Waals surface area contributed by atoms with Crippen LogP contribution in [-0.2, 0) is 4.79 Å². The summed E-state index contributed by atoms with van der Waals surface area (Å²) in [6.07, 6.45) is 1.76. The quantitative estimate of drug-likeness (QED) is 0.493. The van der Waals surface area contributed by atoms with Crippen LogP contribution < -0.4 is 10.2 Å². The first-order valence-electron chi connectivity index (χ1n) is 8.26. The van der Waals surface area contributed by atoms with Crippen molar-refractivity contribution in [2.75, 3.05) is 7.11 Å². The van der Waals surface area contributed by atoms with Gasteiger partial charge in [0.05, 0.1) is 16.9 Å². The number of thiocarbonyl (C=S) groups is 1. The first kappa shape index (κ1) is 18.7. The minimum absolute atomic E-state index is 0.278. The zero-order chi connectivity index (χ0) is 19.7. The van der Waals surface area contributed by atoms with Crippen molar-refractivity contribution in [1.82, 2.24) is 10.4 Å². The molecule has 1 aliphatic heterocycles. The molecule has 3 aromatic rings. The molecule has 2 heterocycles. The van der Waals surface area contributed by atoms with Crippen LogP contribution in [0.1, 0.15) is 15.2 Å². The standard InChI is InChI=1S/C20H14N2O3S3/c1-25-15-9-8-12-5-2-3-6-13(12)14(15)11-17-19(24)22(20(26)28-17)21-18(23)16-7-4-10-27-16/h2-11H,1H3,(H,21,23)/b17-11+. The summed E-state index contributed by atoms with van der Waals surface area (Å²) >= 11 is 7.74. The Kier molecular flexibility index (Phi) is 5.17. The van der Waals surface area contributed by atoms with Gasteiger partial charge in [0.25, 0.3) is 11.8 Å². The van der Waals surface area contributed by atoms with Crippen LogP contribution in [0.4, 0.5) is 0 Å². The summed E-state index contributed by atoms with van der Waals surface area (Å²) in [5.41, 5.74) is 3.38. The fraction of sp³-hybridized carbons (Fsp3) is 0.0500. The number of hydrogen-bond donors (Lipinski definition) is 1. The van der Waals surface area contributed by atoms with Crippen LogP contribution in [0.2, 0.25) is 0 Å². The number of methoxy groups -OCH3 is 1. The summed E-state index contributed by atoms with van der Waals surface area (Å²) in [6, 6.07) is 15.2. The highest BCUT2D eigenvalue weighted by molar-refractivity contribution is 8.26. The molecule has 0 unspecified atom stereocenters. The van der Waals surface area contributed by atoms with Gasteiger partial charge in [0.15, 0.2) is 4.32 Å². The fourth-order valence-electron chi connectivity index (χ4n) is 2.86. The molecular formula is C20H14N2O3S3. The molecule has 4 rings (SSSR count). The maximum absolute atomic E-state index is 12.9. The molecular weight excluding hydrogens is 412 g/mol. The monoisotopic (exact) mass is 426 g/mol. The van der Waals surface area contributed by atoms with Crippen LogP contribution in [0.5, 0.6) is 5.75 Å². The molecule has 0 atom stereocenters. The fourth-order valence-corrected chi connectivity index (χ4v) is 4.64. The summed E-state index contributed by atoms with van der Waals surface area (Å²) in [6.45, 7) is 0. The van der Waals surface area contributed by atoms with Gasteiger partial charge in [0, 0.05) is 5.56 Å². The first-order chi connectivity index (χ1) is 13.6. The number of hydrazine groups is 1. The number of rotatable bonds is 4. The maximum Gasteiger partial charge on any atom is 0.285 e. The Morgan fingerprint density at radius 1 is 1.18 bits per heavy atom. The van der Waals surface area contributed by atoms with E-state index < -0.39 is 0 Å². The van der Waals surface area contributed by atoms with E-state index in [0.29, 0.717) is 15.5 Å². The highest BCUT2D eigenvalue weighted by atomic mass is 32.2. The zero-order valence-electron chi connectivity index (χ0n) is 14.7. The van der Waals surface area contributed by atoms with Gasteiger partial charge >= 0.3 is 0 Å². The molecule has 1 N–H and O–H groups in total. The van der Waals surface area contributed by atoms with Crippen LogP contribution in [0.3, 0.4) is 0 Å². The van der Waals surface area contributed by atoms with Gasteiger partial charge in [-0.2, -0.15) is 5.01 Å². The topological polar surface area (TPSA) is 58.6 Å². The molecule has 1 aliphatic rings. The summed E-state index contributed by atoms with van der Waals surface area (Å²) in [5, 5.41) is 4.92. The number of benzene rings is 2. The van der Waals surface area contributed by atoms with Crippen molar-refractivity contribution in [1.29, 1.82) is 0 Å². The number of carbonyl (C=O) groups excluding carboxylic acids is 2. The van der Waals surface area contributed by atoms with Gasteiger partial charge in [0.1, 0.15) is 5.75 Å². The second-order valence-electron chi connectivity index (χ2n) is 5.84. The molecule has 2 aromatic carbocycles. The van der Waals surface area contributed by atoms with Gasteiger partial charge in [-0.25, -0.2) is 0 Å². The van der Waals surface area contributed by atoms with Gasteiger partial charge < -0.3 is 4.74 Å². The molecule has 5 nitrogen and oxygen atoms in total. The third-order valence-electron chi connectivity index (χ3n) is 4.18. The van der Waals surface area contributed by atoms with Gasteiger partial charge in [-0.3, -0.25) is 15.0 Å². The van der Waals surface area contributed by atoms with E-state index in [1.165, 1.54) is 11.3 Å². The highest BCUT2D eigenvalue weighted by Crippen LogP contribution is 2.36. The van der Waals surface area contributed by atoms with E-state index in [0.717, 1.165) is 33.1 Å². The van der Waals surface area contributed by atoms with E-state index in [1.54, 1.807) is 30.7 Å². The number of nitrogens with one attached hydrogen (secondary N) is 1. The van der Waals surface area contributed by atoms with Crippen LogP contribution in [-0.4, -0.2) is 28.3 Å². The van der Waals surface area contributed by atoms with Gasteiger partial charge in [-0.1, -0.05) is 48.2 Å². The Labute approximate surface area is 175 Å². The lowest BCUT2D eigenvalue weighted by Crippen LogP contribution is -2.44. The van der Waals surface area contributed by atoms with E-state index >= 15 is 0 Å². The van der Waals surface area contributed by atoms with Crippen molar-refractivity contribution in [3.63, 3.8) is 0 Å². The third kappa shape index (κ3) is 3.42. The summed E-state index contributed by atoms with van der Waals surface area (Å²) in [7, 11) is 1.59. The molecule has 2 amide bonds. The zero-order valence-corrected chi connectivity index (χ0v) is 17.1. The van der Waals surface area contributed by atoms with Crippen molar-refractivity contribution >= 4 is 68.3 Å². The van der Waals surface area contributed by atoms with Gasteiger partial charge in [0.2, 0.25) is 0 Å². The van der Waals surface area contributed by atoms with Crippen molar-refractivity contribution in [3.05, 3.63) is 69.3 Å². The molecule has 0 radical (unpaired) electrons. The predicted molar refractivity (Wildman–Crippen MR) is 117 cm³/mol. The van der Waals surface area contributed by atoms with Crippen LogP contribution in [0.25, 0.3) is 16.8 Å². The van der Waals surface area contributed by atoms with E-state index in [9.17, 15) is 9.59 Å². The molecule has 1 fully saturated rings. The average Bonchev–Trinajstić information content (AvgIpc) is 3.33. The summed E-state index contributed by atoms with van der Waals surface area (Å²) in [5.74, 6) is -0.0724. The van der Waals surface area contributed by atoms with Crippen molar-refractivity contribution in [3.8, 4) is 5.75 Å². The largest absolute Gasteiger partial charge is 0.496 e. The Bertz CT molecular complexity index is 1120. The first-order valence-corrected chi connectivity index (χ1v) is 10.4. The number of fused-ring (bicyclic) bond motifs is 1. The average molecular weight is 427 g/mol. The van der Waals surface area contributed by atoms with E-state index in [4.69, 9.17) is 17.0 Å². The predicted octanol–water partition coefficient (Wildman–Crippen LogP) is 4.46. The van der Waals surface area contributed by atoms with Crippen molar-refractivity contribution in [2.45, 2.75) is 0 Å². The van der Waals surface area contributed by atoms with E-state index in [-0.39, 0.29) is 16.1 Å². The molecule has 8 heteroatoms. The number of thioether (sulfide) groups is 1. The minimum Gasteiger partial charge on any atom is -0.496 e. The van der Waals surface area contributed by atoms with E-state index in [1.807, 2.05) is 36.4 Å². The Hall–Kier alpha value is -2.68. The Morgan fingerprint density at radius 2 is 2.00 bits per heavy atom. The molecule has 0 bridgehead atoms. The second kappa shape index (κ2) is 7.75. The molecule has 140 valence electrons. The molecule has 0 spiro atoms. The maximum atomic E-state index is 12.9. The number of ether oxygens (including phenoxy) is 1. The molecule has 1 aromatic heterocycles. The summed E-state index contributed by atoms with van der Waals surface area (Å²) < 4.78 is 5.76. The number of amides is 2. The van der Waals surface area contributed by atoms with E-state index in [2.05, 4.69) is 5.43 Å². The lowest BCUT2D eigenvalue weighted by atomic mass is 10.0. The van der Waals surface area contributed by atoms with Crippen molar-refractivity contribution < 1.29 is 14.3 Å². The smallest absolute Gasteiger partial charge is 0.285 e. The van der Waals surface area contributed by atoms with Crippen LogP contribution in [0, 0.1) is 0 Å².